The highest BCUT2D eigenvalue weighted by Crippen LogP contribution is 2.38. The Morgan fingerprint density at radius 1 is 1.17 bits per heavy atom. The van der Waals surface area contributed by atoms with Crippen molar-refractivity contribution < 1.29 is 14.3 Å². The Morgan fingerprint density at radius 3 is 2.72 bits per heavy atom. The molecule has 0 radical (unpaired) electrons. The van der Waals surface area contributed by atoms with Crippen LogP contribution in [-0.2, 0) is 11.4 Å². The summed E-state index contributed by atoms with van der Waals surface area (Å²) in [5.74, 6) is 0.741. The number of methoxy groups -OCH3 is 1. The number of fused-ring (bicyclic) bond motifs is 1. The molecule has 1 heterocycles. The van der Waals surface area contributed by atoms with E-state index in [2.05, 4.69) is 23.5 Å². The molecular weight excluding hydrogens is 426 g/mol. The van der Waals surface area contributed by atoms with Gasteiger partial charge in [0, 0.05) is 0 Å². The fraction of sp³-hybridized carbons (Fsp3) is 0.0909. The van der Waals surface area contributed by atoms with Crippen LogP contribution in [0.2, 0.25) is 5.02 Å². The van der Waals surface area contributed by atoms with Gasteiger partial charge >= 0.3 is 0 Å². The van der Waals surface area contributed by atoms with Crippen molar-refractivity contribution in [3.8, 4) is 11.5 Å². The number of hydrogen-bond acceptors (Lipinski definition) is 5. The van der Waals surface area contributed by atoms with Gasteiger partial charge in [-0.05, 0) is 40.1 Å². The van der Waals surface area contributed by atoms with Crippen molar-refractivity contribution in [2.24, 2.45) is 0 Å². The largest absolute Gasteiger partial charge is 0.493 e. The number of thiocarbonyl (C=S) groups is 1. The van der Waals surface area contributed by atoms with E-state index in [1.54, 1.807) is 25.3 Å². The van der Waals surface area contributed by atoms with Crippen LogP contribution in [0.1, 0.15) is 11.1 Å². The van der Waals surface area contributed by atoms with Gasteiger partial charge in [-0.25, -0.2) is 0 Å². The van der Waals surface area contributed by atoms with E-state index >= 15 is 0 Å². The highest BCUT2D eigenvalue weighted by molar-refractivity contribution is 8.26. The Kier molecular flexibility index (Phi) is 5.76. The van der Waals surface area contributed by atoms with Crippen molar-refractivity contribution >= 4 is 62.7 Å². The molecule has 1 fully saturated rings. The van der Waals surface area contributed by atoms with E-state index in [4.69, 9.17) is 33.3 Å². The fourth-order valence-corrected chi connectivity index (χ4v) is 4.42. The maximum atomic E-state index is 11.9. The SMILES string of the molecule is COc1cc(/C=C2/SC(=S)NC2=O)cc(Cl)c1OCc1cccc2ccccc12. The van der Waals surface area contributed by atoms with E-state index in [0.717, 1.165) is 21.9 Å². The second-order valence-electron chi connectivity index (χ2n) is 6.31. The first kappa shape index (κ1) is 19.8. The third-order valence-corrected chi connectivity index (χ3v) is 5.89. The van der Waals surface area contributed by atoms with Crippen LogP contribution in [0.3, 0.4) is 0 Å². The van der Waals surface area contributed by atoms with Crippen LogP contribution < -0.4 is 14.8 Å². The molecule has 4 nitrogen and oxygen atoms in total. The molecule has 3 aromatic rings. The zero-order valence-corrected chi connectivity index (χ0v) is 17.8. The van der Waals surface area contributed by atoms with Gasteiger partial charge in [-0.1, -0.05) is 78.0 Å². The molecule has 4 rings (SSSR count). The van der Waals surface area contributed by atoms with Crippen molar-refractivity contribution in [2.45, 2.75) is 6.61 Å². The molecule has 0 unspecified atom stereocenters. The number of nitrogens with one attached hydrogen (secondary N) is 1. The monoisotopic (exact) mass is 441 g/mol. The van der Waals surface area contributed by atoms with Crippen molar-refractivity contribution in [1.29, 1.82) is 0 Å². The molecule has 0 bridgehead atoms. The highest BCUT2D eigenvalue weighted by Gasteiger charge is 2.22. The highest BCUT2D eigenvalue weighted by atomic mass is 35.5. The lowest BCUT2D eigenvalue weighted by Gasteiger charge is -2.14. The van der Waals surface area contributed by atoms with E-state index in [9.17, 15) is 4.79 Å². The first-order valence-electron chi connectivity index (χ1n) is 8.77. The molecule has 1 aliphatic rings. The molecule has 1 N–H and O–H groups in total. The van der Waals surface area contributed by atoms with E-state index in [1.165, 1.54) is 11.8 Å². The Hall–Kier alpha value is -2.54. The number of halogens is 1. The van der Waals surface area contributed by atoms with Crippen molar-refractivity contribution in [1.82, 2.24) is 5.32 Å². The van der Waals surface area contributed by atoms with Crippen LogP contribution in [0.25, 0.3) is 16.8 Å². The quantitative estimate of drug-likeness (QED) is 0.414. The summed E-state index contributed by atoms with van der Waals surface area (Å²) in [6.45, 7) is 0.352. The van der Waals surface area contributed by atoms with Crippen LogP contribution in [0.15, 0.2) is 59.5 Å². The fourth-order valence-electron chi connectivity index (χ4n) is 3.10. The van der Waals surface area contributed by atoms with Crippen LogP contribution in [0, 0.1) is 0 Å². The molecule has 7 heteroatoms. The second-order valence-corrected chi connectivity index (χ2v) is 8.44. The smallest absolute Gasteiger partial charge is 0.263 e. The zero-order valence-electron chi connectivity index (χ0n) is 15.4. The van der Waals surface area contributed by atoms with Gasteiger partial charge in [-0.2, -0.15) is 0 Å². The average molecular weight is 442 g/mol. The number of hydrogen-bond donors (Lipinski definition) is 1. The van der Waals surface area contributed by atoms with Crippen LogP contribution in [-0.4, -0.2) is 17.3 Å². The molecule has 1 aliphatic heterocycles. The number of benzene rings is 3. The number of thioether (sulfide) groups is 1. The van der Waals surface area contributed by atoms with Crippen molar-refractivity contribution in [3.05, 3.63) is 75.7 Å². The summed E-state index contributed by atoms with van der Waals surface area (Å²) in [6.07, 6.45) is 1.72. The van der Waals surface area contributed by atoms with E-state index in [0.29, 0.717) is 32.4 Å². The van der Waals surface area contributed by atoms with Gasteiger partial charge in [0.05, 0.1) is 17.0 Å². The number of rotatable bonds is 5. The summed E-state index contributed by atoms with van der Waals surface area (Å²) < 4.78 is 12.0. The molecule has 0 saturated carbocycles. The van der Waals surface area contributed by atoms with Crippen molar-refractivity contribution in [2.75, 3.05) is 7.11 Å². The standard InChI is InChI=1S/C22H16ClNO3S2/c1-26-18-10-13(11-19-21(25)24-22(28)29-19)9-17(23)20(18)27-12-15-7-4-6-14-5-2-3-8-16(14)15/h2-11H,12H2,1H3,(H,24,25,28)/b19-11+. The van der Waals surface area contributed by atoms with E-state index < -0.39 is 0 Å². The Labute approximate surface area is 182 Å². The van der Waals surface area contributed by atoms with E-state index in [1.807, 2.05) is 24.3 Å². The van der Waals surface area contributed by atoms with E-state index in [-0.39, 0.29) is 5.91 Å². The molecule has 29 heavy (non-hydrogen) atoms. The predicted octanol–water partition coefficient (Wildman–Crippen LogP) is 5.57. The van der Waals surface area contributed by atoms with Gasteiger partial charge in [0.15, 0.2) is 11.5 Å². The molecule has 1 saturated heterocycles. The topological polar surface area (TPSA) is 47.6 Å². The number of carbonyl (C=O) groups excluding carboxylic acids is 1. The Bertz CT molecular complexity index is 1150. The summed E-state index contributed by atoms with van der Waals surface area (Å²) in [6, 6.07) is 17.8. The predicted molar refractivity (Wildman–Crippen MR) is 123 cm³/mol. The van der Waals surface area contributed by atoms with Gasteiger partial charge in [0.25, 0.3) is 5.91 Å². The van der Waals surface area contributed by atoms with Crippen molar-refractivity contribution in [3.63, 3.8) is 0 Å². The van der Waals surface area contributed by atoms with Gasteiger partial charge in [0.1, 0.15) is 10.9 Å². The summed E-state index contributed by atoms with van der Waals surface area (Å²) in [4.78, 5) is 12.4. The van der Waals surface area contributed by atoms with Crippen LogP contribution in [0.4, 0.5) is 0 Å². The number of ether oxygens (including phenoxy) is 2. The maximum absolute atomic E-state index is 11.9. The Balaban J connectivity index is 1.62. The normalized spacial score (nSPS) is 15.0. The minimum absolute atomic E-state index is 0.216. The lowest BCUT2D eigenvalue weighted by molar-refractivity contribution is -0.115. The zero-order chi connectivity index (χ0) is 20.4. The lowest BCUT2D eigenvalue weighted by Crippen LogP contribution is -2.17. The molecule has 146 valence electrons. The van der Waals surface area contributed by atoms with Crippen LogP contribution in [0.5, 0.6) is 11.5 Å². The minimum atomic E-state index is -0.216. The third kappa shape index (κ3) is 4.24. The summed E-state index contributed by atoms with van der Waals surface area (Å²) in [5.41, 5.74) is 1.78. The summed E-state index contributed by atoms with van der Waals surface area (Å²) in [7, 11) is 1.56. The van der Waals surface area contributed by atoms with Crippen LogP contribution >= 0.6 is 35.6 Å². The second kappa shape index (κ2) is 8.45. The average Bonchev–Trinajstić information content (AvgIpc) is 3.03. The molecule has 3 aromatic carbocycles. The van der Waals surface area contributed by atoms with Gasteiger partial charge in [-0.15, -0.1) is 0 Å². The number of carbonyl (C=O) groups is 1. The summed E-state index contributed by atoms with van der Waals surface area (Å²) in [5, 5.41) is 5.28. The molecule has 1 amide bonds. The molecule has 0 atom stereocenters. The third-order valence-electron chi connectivity index (χ3n) is 4.44. The molecule has 0 aromatic heterocycles. The first-order chi connectivity index (χ1) is 14.0. The molecular formula is C22H16ClNO3S2. The lowest BCUT2D eigenvalue weighted by atomic mass is 10.1. The molecule has 0 spiro atoms. The summed E-state index contributed by atoms with van der Waals surface area (Å²) >= 11 is 12.7. The number of amides is 1. The minimum Gasteiger partial charge on any atom is -0.493 e. The first-order valence-corrected chi connectivity index (χ1v) is 10.4. The van der Waals surface area contributed by atoms with Gasteiger partial charge < -0.3 is 14.8 Å². The maximum Gasteiger partial charge on any atom is 0.263 e. The molecule has 0 aliphatic carbocycles. The Morgan fingerprint density at radius 2 is 1.97 bits per heavy atom. The van der Waals surface area contributed by atoms with Gasteiger partial charge in [0.2, 0.25) is 0 Å². The van der Waals surface area contributed by atoms with Gasteiger partial charge in [-0.3, -0.25) is 4.79 Å².